The molecule has 0 bridgehead atoms. The molecule has 0 aliphatic rings. The van der Waals surface area contributed by atoms with Gasteiger partial charge in [0.15, 0.2) is 0 Å². The molecule has 0 heteroatoms. The van der Waals surface area contributed by atoms with Crippen LogP contribution in [0.5, 0.6) is 0 Å². The molecule has 0 saturated carbocycles. The second-order valence-electron chi connectivity index (χ2n) is 3.68. The van der Waals surface area contributed by atoms with Crippen LogP contribution in [0.25, 0.3) is 5.57 Å². The van der Waals surface area contributed by atoms with Gasteiger partial charge in [0, 0.05) is 11.1 Å². The van der Waals surface area contributed by atoms with Crippen molar-refractivity contribution in [3.05, 3.63) is 77.9 Å². The van der Waals surface area contributed by atoms with Crippen LogP contribution in [0.1, 0.15) is 18.1 Å². The third-order valence-corrected chi connectivity index (χ3v) is 2.49. The van der Waals surface area contributed by atoms with E-state index in [4.69, 9.17) is 0 Å². The summed E-state index contributed by atoms with van der Waals surface area (Å²) in [5, 5.41) is 0. The monoisotopic (exact) mass is 218 g/mol. The van der Waals surface area contributed by atoms with Crippen molar-refractivity contribution >= 4 is 5.57 Å². The number of hydrogen-bond donors (Lipinski definition) is 0. The molecule has 2 aromatic carbocycles. The Balaban J connectivity index is 2.27. The van der Waals surface area contributed by atoms with Crippen LogP contribution in [0.2, 0.25) is 0 Å². The van der Waals surface area contributed by atoms with Crippen LogP contribution in [0.3, 0.4) is 0 Å². The fraction of sp³-hybridized carbons (Fsp3) is 0.0588. The Bertz CT molecular complexity index is 551. The molecule has 0 atom stereocenters. The molecule has 0 heterocycles. The van der Waals surface area contributed by atoms with E-state index in [1.54, 1.807) is 0 Å². The molecule has 2 aromatic rings. The van der Waals surface area contributed by atoms with E-state index in [1.165, 1.54) is 5.56 Å². The first-order valence-electron chi connectivity index (χ1n) is 5.69. The van der Waals surface area contributed by atoms with Crippen LogP contribution in [-0.4, -0.2) is 0 Å². The molecule has 0 aliphatic heterocycles. The molecular weight excluding hydrogens is 204 g/mol. The highest BCUT2D eigenvalue weighted by Crippen LogP contribution is 2.12. The normalized spacial score (nSPS) is 10.5. The molecule has 0 nitrogen and oxygen atoms in total. The van der Waals surface area contributed by atoms with Crippen molar-refractivity contribution in [2.45, 2.75) is 6.92 Å². The lowest BCUT2D eigenvalue weighted by molar-refractivity contribution is 1.61. The Labute approximate surface area is 103 Å². The molecule has 0 amide bonds. The summed E-state index contributed by atoms with van der Waals surface area (Å²) in [6, 6.07) is 20.3. The van der Waals surface area contributed by atoms with Gasteiger partial charge in [-0.25, -0.2) is 0 Å². The van der Waals surface area contributed by atoms with Crippen LogP contribution >= 0.6 is 0 Å². The highest BCUT2D eigenvalue weighted by Gasteiger charge is 1.94. The third-order valence-electron chi connectivity index (χ3n) is 2.49. The number of rotatable bonds is 1. The standard InChI is InChI=1S/C17H14/c1-2-16(17-11-7-4-8-12-17)14-13-15-9-5-3-6-10-15/h2-12H,1H3/b16-2-. The summed E-state index contributed by atoms with van der Waals surface area (Å²) in [7, 11) is 0. The Hall–Kier alpha value is -2.26. The van der Waals surface area contributed by atoms with Crippen LogP contribution in [0, 0.1) is 11.8 Å². The second kappa shape index (κ2) is 5.72. The summed E-state index contributed by atoms with van der Waals surface area (Å²) in [4.78, 5) is 0. The minimum absolute atomic E-state index is 1.04. The molecule has 0 unspecified atom stereocenters. The maximum absolute atomic E-state index is 3.21. The molecule has 0 spiro atoms. The molecule has 0 N–H and O–H groups in total. The maximum Gasteiger partial charge on any atom is 0.0278 e. The Morgan fingerprint density at radius 1 is 0.882 bits per heavy atom. The first kappa shape index (κ1) is 11.2. The van der Waals surface area contributed by atoms with Crippen molar-refractivity contribution in [1.29, 1.82) is 0 Å². The Kier molecular flexibility index (Phi) is 3.78. The van der Waals surface area contributed by atoms with Crippen molar-refractivity contribution in [2.75, 3.05) is 0 Å². The van der Waals surface area contributed by atoms with Gasteiger partial charge in [-0.05, 0) is 24.6 Å². The molecule has 0 aromatic heterocycles. The van der Waals surface area contributed by atoms with E-state index in [0.717, 1.165) is 11.1 Å². The predicted octanol–water partition coefficient (Wildman–Crippen LogP) is 4.14. The topological polar surface area (TPSA) is 0 Å². The Morgan fingerprint density at radius 2 is 1.47 bits per heavy atom. The van der Waals surface area contributed by atoms with Crippen molar-refractivity contribution in [2.24, 2.45) is 0 Å². The minimum Gasteiger partial charge on any atom is -0.0713 e. The van der Waals surface area contributed by atoms with E-state index in [2.05, 4.69) is 24.0 Å². The second-order valence-corrected chi connectivity index (χ2v) is 3.68. The summed E-state index contributed by atoms with van der Waals surface area (Å²) < 4.78 is 0. The van der Waals surface area contributed by atoms with Gasteiger partial charge >= 0.3 is 0 Å². The molecule has 0 radical (unpaired) electrons. The van der Waals surface area contributed by atoms with Gasteiger partial charge in [-0.3, -0.25) is 0 Å². The molecule has 0 aliphatic carbocycles. The molecular formula is C17H14. The van der Waals surface area contributed by atoms with Gasteiger partial charge in [0.2, 0.25) is 0 Å². The first-order valence-corrected chi connectivity index (χ1v) is 5.69. The third kappa shape index (κ3) is 3.09. The van der Waals surface area contributed by atoms with Gasteiger partial charge in [0.25, 0.3) is 0 Å². The number of allylic oxidation sites excluding steroid dienone is 2. The van der Waals surface area contributed by atoms with Crippen molar-refractivity contribution in [1.82, 2.24) is 0 Å². The zero-order valence-corrected chi connectivity index (χ0v) is 9.85. The molecule has 82 valence electrons. The SMILES string of the molecule is C/C=C(/C#Cc1ccccc1)c1ccccc1. The van der Waals surface area contributed by atoms with Crippen molar-refractivity contribution < 1.29 is 0 Å². The summed E-state index contributed by atoms with van der Waals surface area (Å²) in [5.41, 5.74) is 3.27. The van der Waals surface area contributed by atoms with Crippen LogP contribution in [0.4, 0.5) is 0 Å². The smallest absolute Gasteiger partial charge is 0.0278 e. The molecule has 2 rings (SSSR count). The summed E-state index contributed by atoms with van der Waals surface area (Å²) in [6.07, 6.45) is 2.05. The van der Waals surface area contributed by atoms with Gasteiger partial charge < -0.3 is 0 Å². The zero-order chi connectivity index (χ0) is 11.9. The largest absolute Gasteiger partial charge is 0.0713 e. The quantitative estimate of drug-likeness (QED) is 0.631. The van der Waals surface area contributed by atoms with Gasteiger partial charge in [0.05, 0.1) is 0 Å². The maximum atomic E-state index is 3.21. The summed E-state index contributed by atoms with van der Waals surface area (Å²) in [5.74, 6) is 6.39. The van der Waals surface area contributed by atoms with Crippen LogP contribution < -0.4 is 0 Å². The van der Waals surface area contributed by atoms with E-state index in [0.29, 0.717) is 0 Å². The average molecular weight is 218 g/mol. The zero-order valence-electron chi connectivity index (χ0n) is 9.85. The summed E-state index contributed by atoms with van der Waals surface area (Å²) >= 11 is 0. The fourth-order valence-corrected chi connectivity index (χ4v) is 1.59. The fourth-order valence-electron chi connectivity index (χ4n) is 1.59. The van der Waals surface area contributed by atoms with Gasteiger partial charge in [-0.2, -0.15) is 0 Å². The van der Waals surface area contributed by atoms with E-state index in [9.17, 15) is 0 Å². The molecule has 0 saturated heterocycles. The first-order chi connectivity index (χ1) is 8.40. The van der Waals surface area contributed by atoms with E-state index in [1.807, 2.05) is 61.5 Å². The van der Waals surface area contributed by atoms with E-state index >= 15 is 0 Å². The van der Waals surface area contributed by atoms with Gasteiger partial charge in [-0.1, -0.05) is 66.4 Å². The van der Waals surface area contributed by atoms with Crippen molar-refractivity contribution in [3.63, 3.8) is 0 Å². The number of hydrogen-bond acceptors (Lipinski definition) is 0. The van der Waals surface area contributed by atoms with Crippen LogP contribution in [0.15, 0.2) is 66.7 Å². The average Bonchev–Trinajstić information content (AvgIpc) is 2.42. The van der Waals surface area contributed by atoms with Gasteiger partial charge in [0.1, 0.15) is 0 Å². The summed E-state index contributed by atoms with van der Waals surface area (Å²) in [6.45, 7) is 2.02. The predicted molar refractivity (Wildman–Crippen MR) is 73.4 cm³/mol. The van der Waals surface area contributed by atoms with E-state index < -0.39 is 0 Å². The van der Waals surface area contributed by atoms with Crippen LogP contribution in [-0.2, 0) is 0 Å². The molecule has 0 fully saturated rings. The lowest BCUT2D eigenvalue weighted by atomic mass is 10.1. The Morgan fingerprint density at radius 3 is 2.06 bits per heavy atom. The van der Waals surface area contributed by atoms with Gasteiger partial charge in [-0.15, -0.1) is 0 Å². The lowest BCUT2D eigenvalue weighted by Gasteiger charge is -1.97. The van der Waals surface area contributed by atoms with Crippen molar-refractivity contribution in [3.8, 4) is 11.8 Å². The minimum atomic E-state index is 1.04. The molecule has 17 heavy (non-hydrogen) atoms. The van der Waals surface area contributed by atoms with E-state index in [-0.39, 0.29) is 0 Å². The lowest BCUT2D eigenvalue weighted by Crippen LogP contribution is -1.80. The number of benzene rings is 2. The highest BCUT2D eigenvalue weighted by molar-refractivity contribution is 5.79. The highest BCUT2D eigenvalue weighted by atomic mass is 14.0.